The lowest BCUT2D eigenvalue weighted by Gasteiger charge is -2.06. The Morgan fingerprint density at radius 2 is 2.00 bits per heavy atom. The zero-order valence-electron chi connectivity index (χ0n) is 12.0. The molecule has 1 aromatic carbocycles. The molecule has 0 spiro atoms. The van der Waals surface area contributed by atoms with Crippen molar-refractivity contribution in [2.75, 3.05) is 11.5 Å². The summed E-state index contributed by atoms with van der Waals surface area (Å²) in [6.45, 7) is 3.56. The van der Waals surface area contributed by atoms with E-state index in [0.29, 0.717) is 6.42 Å². The molecule has 1 aromatic rings. The Labute approximate surface area is 123 Å². The van der Waals surface area contributed by atoms with Gasteiger partial charge in [-0.1, -0.05) is 0 Å². The summed E-state index contributed by atoms with van der Waals surface area (Å²) in [5.41, 5.74) is 4.57. The summed E-state index contributed by atoms with van der Waals surface area (Å²) in [4.78, 5) is 11.8. The highest BCUT2D eigenvalue weighted by Crippen LogP contribution is 2.22. The van der Waals surface area contributed by atoms with Crippen molar-refractivity contribution in [1.82, 2.24) is 5.43 Å². The van der Waals surface area contributed by atoms with E-state index in [1.165, 1.54) is 6.21 Å². The largest absolute Gasteiger partial charge is 0.507 e. The summed E-state index contributed by atoms with van der Waals surface area (Å²) >= 11 is 0. The van der Waals surface area contributed by atoms with Gasteiger partial charge in [-0.15, -0.1) is 0 Å². The molecule has 1 aliphatic rings. The molecule has 6 nitrogen and oxygen atoms in total. The number of hydrazone groups is 1. The van der Waals surface area contributed by atoms with Crippen molar-refractivity contribution in [3.8, 4) is 5.75 Å². The summed E-state index contributed by atoms with van der Waals surface area (Å²) in [7, 11) is -3.07. The number of phenols is 1. The highest BCUT2D eigenvalue weighted by Gasteiger charge is 2.32. The molecule has 114 valence electrons. The topological polar surface area (TPSA) is 95.8 Å². The molecule has 0 aromatic heterocycles. The fourth-order valence-electron chi connectivity index (χ4n) is 2.33. The van der Waals surface area contributed by atoms with Crippen LogP contribution in [0.2, 0.25) is 0 Å². The van der Waals surface area contributed by atoms with E-state index in [-0.39, 0.29) is 23.2 Å². The van der Waals surface area contributed by atoms with Gasteiger partial charge in [0.1, 0.15) is 5.75 Å². The number of sulfone groups is 1. The zero-order chi connectivity index (χ0) is 15.6. The van der Waals surface area contributed by atoms with E-state index < -0.39 is 15.8 Å². The Kier molecular flexibility index (Phi) is 4.32. The molecule has 0 unspecified atom stereocenters. The average Bonchev–Trinajstić information content (AvgIpc) is 2.76. The molecular formula is C14H18N2O4S. The summed E-state index contributed by atoms with van der Waals surface area (Å²) in [5.74, 6) is -0.695. The molecule has 1 saturated heterocycles. The number of aromatic hydroxyl groups is 1. The van der Waals surface area contributed by atoms with E-state index >= 15 is 0 Å². The van der Waals surface area contributed by atoms with Crippen molar-refractivity contribution >= 4 is 22.0 Å². The van der Waals surface area contributed by atoms with Gasteiger partial charge in [-0.25, -0.2) is 13.8 Å². The molecular weight excluding hydrogens is 292 g/mol. The Balaban J connectivity index is 1.98. The zero-order valence-corrected chi connectivity index (χ0v) is 12.8. The smallest absolute Gasteiger partial charge is 0.244 e. The van der Waals surface area contributed by atoms with E-state index in [0.717, 1.165) is 16.7 Å². The quantitative estimate of drug-likeness (QED) is 0.640. The van der Waals surface area contributed by atoms with Crippen LogP contribution in [0.15, 0.2) is 17.2 Å². The van der Waals surface area contributed by atoms with Crippen LogP contribution in [-0.2, 0) is 14.6 Å². The molecule has 0 aliphatic carbocycles. The van der Waals surface area contributed by atoms with E-state index in [1.807, 2.05) is 0 Å². The van der Waals surface area contributed by atoms with Crippen LogP contribution in [-0.4, -0.2) is 37.2 Å². The molecule has 1 amide bonds. The number of rotatable bonds is 3. The second-order valence-electron chi connectivity index (χ2n) is 5.34. The minimum atomic E-state index is -3.07. The number of aryl methyl sites for hydroxylation is 2. The van der Waals surface area contributed by atoms with Crippen LogP contribution < -0.4 is 5.43 Å². The Morgan fingerprint density at radius 1 is 1.38 bits per heavy atom. The van der Waals surface area contributed by atoms with Gasteiger partial charge in [-0.05, 0) is 49.1 Å². The average molecular weight is 310 g/mol. The number of hydrogen-bond donors (Lipinski definition) is 2. The fraction of sp³-hybridized carbons (Fsp3) is 0.429. The maximum absolute atomic E-state index is 11.8. The van der Waals surface area contributed by atoms with Crippen LogP contribution in [0, 0.1) is 19.8 Å². The SMILES string of the molecule is Cc1cc(/C=N/NC(=O)[C@H]2CCS(=O)(=O)C2)cc(C)c1O. The van der Waals surface area contributed by atoms with Crippen LogP contribution in [0.3, 0.4) is 0 Å². The Hall–Kier alpha value is -1.89. The van der Waals surface area contributed by atoms with Crippen LogP contribution in [0.5, 0.6) is 5.75 Å². The number of nitrogens with one attached hydrogen (secondary N) is 1. The van der Waals surface area contributed by atoms with Crippen molar-refractivity contribution in [2.24, 2.45) is 11.0 Å². The number of nitrogens with zero attached hydrogens (tertiary/aromatic N) is 1. The van der Waals surface area contributed by atoms with Gasteiger partial charge >= 0.3 is 0 Å². The maximum Gasteiger partial charge on any atom is 0.244 e. The van der Waals surface area contributed by atoms with E-state index in [2.05, 4.69) is 10.5 Å². The molecule has 1 fully saturated rings. The molecule has 1 heterocycles. The number of amides is 1. The summed E-state index contributed by atoms with van der Waals surface area (Å²) in [5, 5.41) is 13.5. The minimum Gasteiger partial charge on any atom is -0.507 e. The number of carbonyl (C=O) groups excluding carboxylic acids is 1. The molecule has 21 heavy (non-hydrogen) atoms. The van der Waals surface area contributed by atoms with Crippen molar-refractivity contribution < 1.29 is 18.3 Å². The number of hydrogen-bond acceptors (Lipinski definition) is 5. The number of benzene rings is 1. The van der Waals surface area contributed by atoms with Crippen LogP contribution in [0.4, 0.5) is 0 Å². The van der Waals surface area contributed by atoms with Gasteiger partial charge in [0.25, 0.3) is 0 Å². The fourth-order valence-corrected chi connectivity index (χ4v) is 4.07. The summed E-state index contributed by atoms with van der Waals surface area (Å²) < 4.78 is 22.6. The highest BCUT2D eigenvalue weighted by atomic mass is 32.2. The molecule has 0 saturated carbocycles. The summed E-state index contributed by atoms with van der Waals surface area (Å²) in [6.07, 6.45) is 1.82. The molecule has 2 N–H and O–H groups in total. The minimum absolute atomic E-state index is 0.0607. The standard InChI is InChI=1S/C14H18N2O4S/c1-9-5-11(6-10(2)13(9)17)7-15-16-14(18)12-3-4-21(19,20)8-12/h5-7,12,17H,3-4,8H2,1-2H3,(H,16,18)/b15-7+/t12-/m0/s1. The lowest BCUT2D eigenvalue weighted by atomic mass is 10.1. The van der Waals surface area contributed by atoms with Gasteiger partial charge in [-0.2, -0.15) is 5.10 Å². The van der Waals surface area contributed by atoms with E-state index in [4.69, 9.17) is 0 Å². The normalized spacial score (nSPS) is 20.8. The Bertz CT molecular complexity index is 672. The van der Waals surface area contributed by atoms with Crippen molar-refractivity contribution in [3.05, 3.63) is 28.8 Å². The number of phenolic OH excluding ortho intramolecular Hbond substituents is 1. The maximum atomic E-state index is 11.8. The third-order valence-corrected chi connectivity index (χ3v) is 5.27. The first-order chi connectivity index (χ1) is 9.78. The van der Waals surface area contributed by atoms with Crippen molar-refractivity contribution in [2.45, 2.75) is 20.3 Å². The third kappa shape index (κ3) is 3.81. The molecule has 7 heteroatoms. The lowest BCUT2D eigenvalue weighted by Crippen LogP contribution is -2.27. The predicted molar refractivity (Wildman–Crippen MR) is 80.1 cm³/mol. The van der Waals surface area contributed by atoms with Crippen molar-refractivity contribution in [3.63, 3.8) is 0 Å². The monoisotopic (exact) mass is 310 g/mol. The van der Waals surface area contributed by atoms with Gasteiger partial charge in [0, 0.05) is 0 Å². The van der Waals surface area contributed by atoms with Gasteiger partial charge in [0.15, 0.2) is 9.84 Å². The van der Waals surface area contributed by atoms with E-state index in [1.54, 1.807) is 26.0 Å². The highest BCUT2D eigenvalue weighted by molar-refractivity contribution is 7.91. The molecule has 1 atom stereocenters. The first-order valence-corrected chi connectivity index (χ1v) is 8.44. The van der Waals surface area contributed by atoms with Gasteiger partial charge < -0.3 is 5.11 Å². The summed E-state index contributed by atoms with van der Waals surface area (Å²) in [6, 6.07) is 3.50. The van der Waals surface area contributed by atoms with Crippen molar-refractivity contribution in [1.29, 1.82) is 0 Å². The van der Waals surface area contributed by atoms with Gasteiger partial charge in [0.2, 0.25) is 5.91 Å². The third-order valence-electron chi connectivity index (χ3n) is 3.50. The first-order valence-electron chi connectivity index (χ1n) is 6.62. The predicted octanol–water partition coefficient (Wildman–Crippen LogP) is 0.894. The van der Waals surface area contributed by atoms with Crippen LogP contribution in [0.1, 0.15) is 23.1 Å². The molecule has 0 bridgehead atoms. The molecule has 1 aliphatic heterocycles. The lowest BCUT2D eigenvalue weighted by molar-refractivity contribution is -0.124. The first kappa shape index (κ1) is 15.5. The van der Waals surface area contributed by atoms with Crippen LogP contribution in [0.25, 0.3) is 0 Å². The number of carbonyl (C=O) groups is 1. The second kappa shape index (κ2) is 5.85. The molecule has 0 radical (unpaired) electrons. The van der Waals surface area contributed by atoms with Crippen LogP contribution >= 0.6 is 0 Å². The second-order valence-corrected chi connectivity index (χ2v) is 7.57. The van der Waals surface area contributed by atoms with Gasteiger partial charge in [-0.3, -0.25) is 4.79 Å². The van der Waals surface area contributed by atoms with E-state index in [9.17, 15) is 18.3 Å². The van der Waals surface area contributed by atoms with Gasteiger partial charge in [0.05, 0.1) is 23.6 Å². The Morgan fingerprint density at radius 3 is 2.52 bits per heavy atom. The molecule has 2 rings (SSSR count).